The summed E-state index contributed by atoms with van der Waals surface area (Å²) in [6.07, 6.45) is 2.37. The molecule has 0 fully saturated rings. The zero-order valence-electron chi connectivity index (χ0n) is 5.72. The van der Waals surface area contributed by atoms with Crippen molar-refractivity contribution in [3.8, 4) is 0 Å². The third kappa shape index (κ3) is 6.39. The first kappa shape index (κ1) is 8.39. The highest BCUT2D eigenvalue weighted by molar-refractivity contribution is 7.17. The van der Waals surface area contributed by atoms with E-state index in [1.54, 1.807) is 0 Å². The van der Waals surface area contributed by atoms with Crippen molar-refractivity contribution >= 4 is 9.24 Å². The lowest BCUT2D eigenvalue weighted by atomic mass is 10.1. The van der Waals surface area contributed by atoms with Crippen LogP contribution >= 0.6 is 9.24 Å². The van der Waals surface area contributed by atoms with Gasteiger partial charge in [-0.2, -0.15) is 0 Å². The van der Waals surface area contributed by atoms with Gasteiger partial charge >= 0.3 is 0 Å². The molecule has 0 saturated heterocycles. The molecule has 0 aliphatic heterocycles. The second-order valence-electron chi connectivity index (χ2n) is 2.53. The summed E-state index contributed by atoms with van der Waals surface area (Å²) in [4.78, 5) is 0. The standard InChI is InChI=1S/C6H16NP/c1-5(7)3-4-6(2)8/h5-6H,3-4,7-8H2,1-2H3. The predicted molar refractivity (Wildman–Crippen MR) is 42.1 cm³/mol. The number of hydrogen-bond donors (Lipinski definition) is 1. The fourth-order valence-corrected chi connectivity index (χ4v) is 0.718. The van der Waals surface area contributed by atoms with Crippen LogP contribution in [0.5, 0.6) is 0 Å². The molecule has 0 amide bonds. The molecular formula is C6H16NP. The molecule has 0 heterocycles. The molecule has 3 unspecified atom stereocenters. The molecular weight excluding hydrogens is 117 g/mol. The monoisotopic (exact) mass is 133 g/mol. The smallest absolute Gasteiger partial charge is 0.00107 e. The van der Waals surface area contributed by atoms with E-state index in [0.29, 0.717) is 6.04 Å². The molecule has 2 heteroatoms. The molecule has 8 heavy (non-hydrogen) atoms. The van der Waals surface area contributed by atoms with E-state index in [1.807, 2.05) is 6.92 Å². The topological polar surface area (TPSA) is 26.0 Å². The second kappa shape index (κ2) is 4.29. The maximum absolute atomic E-state index is 5.53. The minimum atomic E-state index is 0.373. The Hall–Kier alpha value is 0.390. The molecule has 0 radical (unpaired) electrons. The highest BCUT2D eigenvalue weighted by Crippen LogP contribution is 2.07. The lowest BCUT2D eigenvalue weighted by Crippen LogP contribution is -2.15. The average Bonchev–Trinajstić information content (AvgIpc) is 1.61. The number of hydrogen-bond acceptors (Lipinski definition) is 1. The molecule has 0 aromatic carbocycles. The van der Waals surface area contributed by atoms with Gasteiger partial charge in [0.15, 0.2) is 0 Å². The molecule has 0 rings (SSSR count). The van der Waals surface area contributed by atoms with E-state index in [9.17, 15) is 0 Å². The zero-order valence-corrected chi connectivity index (χ0v) is 6.88. The number of nitrogens with two attached hydrogens (primary N) is 1. The molecule has 0 aromatic heterocycles. The van der Waals surface area contributed by atoms with Crippen LogP contribution < -0.4 is 5.73 Å². The lowest BCUT2D eigenvalue weighted by Gasteiger charge is -2.05. The van der Waals surface area contributed by atoms with Gasteiger partial charge in [0, 0.05) is 6.04 Å². The second-order valence-corrected chi connectivity index (χ2v) is 3.67. The van der Waals surface area contributed by atoms with Crippen LogP contribution in [-0.2, 0) is 0 Å². The third-order valence-electron chi connectivity index (χ3n) is 1.08. The van der Waals surface area contributed by atoms with Crippen LogP contribution in [-0.4, -0.2) is 11.7 Å². The Bertz CT molecular complexity index is 44.5. The fourth-order valence-electron chi connectivity index (χ4n) is 0.526. The zero-order chi connectivity index (χ0) is 6.57. The summed E-state index contributed by atoms with van der Waals surface area (Å²) >= 11 is 0. The van der Waals surface area contributed by atoms with Gasteiger partial charge in [-0.05, 0) is 25.4 Å². The molecule has 3 atom stereocenters. The molecule has 0 saturated carbocycles. The minimum Gasteiger partial charge on any atom is -0.328 e. The molecule has 0 aliphatic carbocycles. The largest absolute Gasteiger partial charge is 0.328 e. The minimum absolute atomic E-state index is 0.373. The third-order valence-corrected chi connectivity index (χ3v) is 1.41. The highest BCUT2D eigenvalue weighted by atomic mass is 31.0. The normalized spacial score (nSPS) is 18.0. The van der Waals surface area contributed by atoms with Gasteiger partial charge in [0.05, 0.1) is 0 Å². The Morgan fingerprint density at radius 1 is 1.38 bits per heavy atom. The maximum atomic E-state index is 5.53. The van der Waals surface area contributed by atoms with Crippen molar-refractivity contribution in [1.29, 1.82) is 0 Å². The molecule has 0 aromatic rings. The Kier molecular flexibility index (Phi) is 4.50. The van der Waals surface area contributed by atoms with Gasteiger partial charge < -0.3 is 5.73 Å². The summed E-state index contributed by atoms with van der Waals surface area (Å²) in [5.41, 5.74) is 6.25. The first-order valence-corrected chi connectivity index (χ1v) is 3.80. The highest BCUT2D eigenvalue weighted by Gasteiger charge is 1.96. The summed E-state index contributed by atoms with van der Waals surface area (Å²) in [5, 5.41) is 0. The van der Waals surface area contributed by atoms with E-state index in [1.165, 1.54) is 6.42 Å². The van der Waals surface area contributed by atoms with Crippen molar-refractivity contribution in [3.05, 3.63) is 0 Å². The van der Waals surface area contributed by atoms with Crippen molar-refractivity contribution in [2.45, 2.75) is 38.4 Å². The van der Waals surface area contributed by atoms with Gasteiger partial charge in [-0.1, -0.05) is 6.92 Å². The molecule has 2 N–H and O–H groups in total. The van der Waals surface area contributed by atoms with Gasteiger partial charge in [-0.3, -0.25) is 0 Å². The van der Waals surface area contributed by atoms with E-state index in [-0.39, 0.29) is 0 Å². The molecule has 0 spiro atoms. The molecule has 0 bridgehead atoms. The van der Waals surface area contributed by atoms with E-state index < -0.39 is 0 Å². The quantitative estimate of drug-likeness (QED) is 0.578. The Morgan fingerprint density at radius 3 is 2.00 bits per heavy atom. The van der Waals surface area contributed by atoms with Gasteiger partial charge in [0.25, 0.3) is 0 Å². The van der Waals surface area contributed by atoms with Gasteiger partial charge in [0.1, 0.15) is 0 Å². The van der Waals surface area contributed by atoms with Crippen molar-refractivity contribution in [3.63, 3.8) is 0 Å². The van der Waals surface area contributed by atoms with Gasteiger partial charge in [-0.15, -0.1) is 9.24 Å². The van der Waals surface area contributed by atoms with Crippen molar-refractivity contribution in [2.24, 2.45) is 5.73 Å². The summed E-state index contributed by atoms with van der Waals surface area (Å²) in [5.74, 6) is 0. The van der Waals surface area contributed by atoms with Crippen LogP contribution in [0.25, 0.3) is 0 Å². The van der Waals surface area contributed by atoms with Crippen LogP contribution in [0.4, 0.5) is 0 Å². The van der Waals surface area contributed by atoms with Gasteiger partial charge in [-0.25, -0.2) is 0 Å². The summed E-state index contributed by atoms with van der Waals surface area (Å²) in [6, 6.07) is 0.373. The van der Waals surface area contributed by atoms with E-state index in [0.717, 1.165) is 12.1 Å². The van der Waals surface area contributed by atoms with Crippen LogP contribution in [0.2, 0.25) is 0 Å². The predicted octanol–water partition coefficient (Wildman–Crippen LogP) is 1.38. The van der Waals surface area contributed by atoms with Crippen LogP contribution in [0.15, 0.2) is 0 Å². The summed E-state index contributed by atoms with van der Waals surface area (Å²) in [7, 11) is 2.77. The van der Waals surface area contributed by atoms with Crippen molar-refractivity contribution < 1.29 is 0 Å². The van der Waals surface area contributed by atoms with Crippen LogP contribution in [0.1, 0.15) is 26.7 Å². The first-order chi connectivity index (χ1) is 3.63. The van der Waals surface area contributed by atoms with Gasteiger partial charge in [0.2, 0.25) is 0 Å². The summed E-state index contributed by atoms with van der Waals surface area (Å²) in [6.45, 7) is 4.24. The first-order valence-electron chi connectivity index (χ1n) is 3.14. The molecule has 1 nitrogen and oxygen atoms in total. The van der Waals surface area contributed by atoms with E-state index >= 15 is 0 Å². The average molecular weight is 133 g/mol. The summed E-state index contributed by atoms with van der Waals surface area (Å²) < 4.78 is 0. The Morgan fingerprint density at radius 2 is 1.88 bits per heavy atom. The van der Waals surface area contributed by atoms with Crippen molar-refractivity contribution in [2.75, 3.05) is 0 Å². The Balaban J connectivity index is 2.93. The lowest BCUT2D eigenvalue weighted by molar-refractivity contribution is 0.622. The Labute approximate surface area is 54.2 Å². The fraction of sp³-hybridized carbons (Fsp3) is 1.00. The molecule has 0 aliphatic rings. The number of rotatable bonds is 3. The molecule has 50 valence electrons. The van der Waals surface area contributed by atoms with Crippen LogP contribution in [0, 0.1) is 0 Å². The van der Waals surface area contributed by atoms with E-state index in [2.05, 4.69) is 16.2 Å². The van der Waals surface area contributed by atoms with E-state index in [4.69, 9.17) is 5.73 Å². The van der Waals surface area contributed by atoms with Crippen molar-refractivity contribution in [1.82, 2.24) is 0 Å². The maximum Gasteiger partial charge on any atom is 0.00107 e. The van der Waals surface area contributed by atoms with Crippen LogP contribution in [0.3, 0.4) is 0 Å². The SMILES string of the molecule is CC(N)CCC(C)P.